The van der Waals surface area contributed by atoms with E-state index in [-0.39, 0.29) is 28.6 Å². The molecule has 1 aromatic carbocycles. The Labute approximate surface area is 191 Å². The van der Waals surface area contributed by atoms with Crippen molar-refractivity contribution in [1.29, 1.82) is 0 Å². The van der Waals surface area contributed by atoms with Crippen LogP contribution in [0.5, 0.6) is 0 Å². The van der Waals surface area contributed by atoms with Gasteiger partial charge in [0, 0.05) is 11.4 Å². The number of rotatable bonds is 5. The maximum absolute atomic E-state index is 13.8. The fourth-order valence-electron chi connectivity index (χ4n) is 3.34. The van der Waals surface area contributed by atoms with E-state index in [4.69, 9.17) is 8.94 Å². The molecule has 3 heterocycles. The third-order valence-electron chi connectivity index (χ3n) is 5.05. The van der Waals surface area contributed by atoms with Gasteiger partial charge in [-0.05, 0) is 49.2 Å². The van der Waals surface area contributed by atoms with Crippen molar-refractivity contribution in [3.05, 3.63) is 70.9 Å². The number of nitrogens with zero attached hydrogens (tertiary/aromatic N) is 2. The summed E-state index contributed by atoms with van der Waals surface area (Å²) in [6, 6.07) is 7.42. The van der Waals surface area contributed by atoms with Crippen LogP contribution in [0, 0.1) is 6.92 Å². The number of alkyl halides is 3. The van der Waals surface area contributed by atoms with E-state index in [9.17, 15) is 22.8 Å². The van der Waals surface area contributed by atoms with Crippen molar-refractivity contribution in [2.75, 3.05) is 10.6 Å². The molecule has 4 rings (SSSR count). The van der Waals surface area contributed by atoms with Crippen LogP contribution in [0.1, 0.15) is 57.6 Å². The first-order valence-electron chi connectivity index (χ1n) is 10.2. The molecular weight excluding hydrogens is 453 g/mol. The Bertz CT molecular complexity index is 1380. The molecule has 3 aromatic heterocycles. The molecule has 34 heavy (non-hydrogen) atoms. The largest absolute Gasteiger partial charge is 0.459 e. The maximum Gasteiger partial charge on any atom is 0.418 e. The van der Waals surface area contributed by atoms with Gasteiger partial charge in [-0.25, -0.2) is 4.98 Å². The van der Waals surface area contributed by atoms with E-state index in [2.05, 4.69) is 20.8 Å². The fraction of sp³-hybridized carbons (Fsp3) is 0.217. The summed E-state index contributed by atoms with van der Waals surface area (Å²) in [4.78, 5) is 29.5. The van der Waals surface area contributed by atoms with Gasteiger partial charge in [-0.3, -0.25) is 9.59 Å². The molecule has 0 bridgehead atoms. The van der Waals surface area contributed by atoms with E-state index in [1.54, 1.807) is 6.92 Å². The van der Waals surface area contributed by atoms with Crippen LogP contribution in [0.2, 0.25) is 0 Å². The van der Waals surface area contributed by atoms with Crippen LogP contribution in [0.25, 0.3) is 11.1 Å². The number of carbonyl (C=O) groups excluding carboxylic acids is 2. The molecule has 0 saturated heterocycles. The van der Waals surface area contributed by atoms with E-state index in [0.29, 0.717) is 16.8 Å². The van der Waals surface area contributed by atoms with E-state index < -0.39 is 29.2 Å². The molecular formula is C23H19F3N4O4. The molecule has 2 amide bonds. The number of aryl methyl sites for hydroxylation is 1. The lowest BCUT2D eigenvalue weighted by Gasteiger charge is -2.16. The number of hydrogen-bond acceptors (Lipinski definition) is 6. The normalized spacial score (nSPS) is 11.7. The van der Waals surface area contributed by atoms with Crippen LogP contribution in [0.4, 0.5) is 24.5 Å². The number of hydrogen-bond donors (Lipinski definition) is 2. The van der Waals surface area contributed by atoms with Gasteiger partial charge in [-0.2, -0.15) is 13.2 Å². The highest BCUT2D eigenvalue weighted by molar-refractivity contribution is 6.12. The molecule has 0 saturated carbocycles. The molecule has 2 N–H and O–H groups in total. The molecule has 8 nitrogen and oxygen atoms in total. The van der Waals surface area contributed by atoms with Gasteiger partial charge in [0.2, 0.25) is 0 Å². The fourth-order valence-corrected chi connectivity index (χ4v) is 3.34. The number of benzene rings is 1. The van der Waals surface area contributed by atoms with Gasteiger partial charge in [-0.1, -0.05) is 19.0 Å². The molecule has 0 aliphatic rings. The molecule has 0 unspecified atom stereocenters. The number of nitrogens with one attached hydrogen (secondary N) is 2. The lowest BCUT2D eigenvalue weighted by molar-refractivity contribution is -0.136. The molecule has 0 aliphatic carbocycles. The highest BCUT2D eigenvalue weighted by Crippen LogP contribution is 2.37. The number of fused-ring (bicyclic) bond motifs is 1. The summed E-state index contributed by atoms with van der Waals surface area (Å²) in [5.41, 5.74) is -0.587. The Balaban J connectivity index is 1.69. The SMILES string of the molecule is Cc1noc2nc(C(C)C)cc(C(=O)Nc3ccc(NC(=O)c4ccco4)cc3C(F)(F)F)c12. The van der Waals surface area contributed by atoms with Crippen LogP contribution in [-0.2, 0) is 6.18 Å². The highest BCUT2D eigenvalue weighted by atomic mass is 19.4. The summed E-state index contributed by atoms with van der Waals surface area (Å²) < 4.78 is 51.6. The summed E-state index contributed by atoms with van der Waals surface area (Å²) in [5, 5.41) is 8.81. The predicted octanol–water partition coefficient (Wildman–Crippen LogP) is 5.77. The summed E-state index contributed by atoms with van der Waals surface area (Å²) in [6.45, 7) is 5.32. The Morgan fingerprint density at radius 1 is 1.06 bits per heavy atom. The second-order valence-corrected chi connectivity index (χ2v) is 7.84. The van der Waals surface area contributed by atoms with Gasteiger partial charge in [0.15, 0.2) is 5.76 Å². The lowest BCUT2D eigenvalue weighted by atomic mass is 10.0. The first kappa shape index (κ1) is 23.0. The van der Waals surface area contributed by atoms with Gasteiger partial charge in [-0.15, -0.1) is 0 Å². The van der Waals surface area contributed by atoms with Gasteiger partial charge in [0.1, 0.15) is 0 Å². The van der Waals surface area contributed by atoms with Crippen molar-refractivity contribution in [3.63, 3.8) is 0 Å². The van der Waals surface area contributed by atoms with Crippen LogP contribution >= 0.6 is 0 Å². The number of aromatic nitrogens is 2. The molecule has 0 spiro atoms. The number of amides is 2. The van der Waals surface area contributed by atoms with Crippen LogP contribution in [0.3, 0.4) is 0 Å². The van der Waals surface area contributed by atoms with Crippen molar-refractivity contribution < 1.29 is 31.7 Å². The van der Waals surface area contributed by atoms with E-state index >= 15 is 0 Å². The second-order valence-electron chi connectivity index (χ2n) is 7.84. The zero-order valence-corrected chi connectivity index (χ0v) is 18.3. The molecule has 0 radical (unpaired) electrons. The van der Waals surface area contributed by atoms with Gasteiger partial charge in [0.05, 0.1) is 34.2 Å². The predicted molar refractivity (Wildman–Crippen MR) is 117 cm³/mol. The van der Waals surface area contributed by atoms with Gasteiger partial charge in [0.25, 0.3) is 17.5 Å². The Hall–Kier alpha value is -4.15. The summed E-state index contributed by atoms with van der Waals surface area (Å²) in [7, 11) is 0. The number of carbonyl (C=O) groups is 2. The monoisotopic (exact) mass is 472 g/mol. The Morgan fingerprint density at radius 3 is 2.47 bits per heavy atom. The van der Waals surface area contributed by atoms with Gasteiger partial charge < -0.3 is 19.6 Å². The molecule has 11 heteroatoms. The molecule has 0 aliphatic heterocycles. The lowest BCUT2D eigenvalue weighted by Crippen LogP contribution is -2.18. The maximum atomic E-state index is 13.8. The Kier molecular flexibility index (Phi) is 5.86. The third kappa shape index (κ3) is 4.49. The Morgan fingerprint density at radius 2 is 1.82 bits per heavy atom. The first-order valence-corrected chi connectivity index (χ1v) is 10.2. The number of halogens is 3. The standard InChI is InChI=1S/C23H19F3N4O4/c1-11(2)17-10-14(19-12(3)30-34-22(19)29-17)20(31)28-16-7-6-13(9-15(16)23(24,25)26)27-21(32)18-5-4-8-33-18/h4-11H,1-3H3,(H,27,32)(H,28,31). The molecule has 0 atom stereocenters. The minimum atomic E-state index is -4.81. The summed E-state index contributed by atoms with van der Waals surface area (Å²) in [6.07, 6.45) is -3.54. The van der Waals surface area contributed by atoms with Crippen LogP contribution in [-0.4, -0.2) is 22.0 Å². The third-order valence-corrected chi connectivity index (χ3v) is 5.05. The minimum Gasteiger partial charge on any atom is -0.459 e. The summed E-state index contributed by atoms with van der Waals surface area (Å²) >= 11 is 0. The van der Waals surface area contributed by atoms with Crippen LogP contribution in [0.15, 0.2) is 51.6 Å². The van der Waals surface area contributed by atoms with E-state index in [1.165, 1.54) is 30.5 Å². The average Bonchev–Trinajstić information content (AvgIpc) is 3.44. The molecule has 176 valence electrons. The van der Waals surface area contributed by atoms with Gasteiger partial charge >= 0.3 is 6.18 Å². The number of anilines is 2. The number of furan rings is 1. The topological polar surface area (TPSA) is 110 Å². The summed E-state index contributed by atoms with van der Waals surface area (Å²) in [5.74, 6) is -1.61. The smallest absolute Gasteiger partial charge is 0.418 e. The van der Waals surface area contributed by atoms with Crippen molar-refractivity contribution in [2.24, 2.45) is 0 Å². The van der Waals surface area contributed by atoms with Crippen molar-refractivity contribution in [2.45, 2.75) is 32.9 Å². The number of pyridine rings is 1. The molecule has 4 aromatic rings. The van der Waals surface area contributed by atoms with Crippen molar-refractivity contribution >= 4 is 34.3 Å². The highest BCUT2D eigenvalue weighted by Gasteiger charge is 2.35. The van der Waals surface area contributed by atoms with E-state index in [1.807, 2.05) is 13.8 Å². The average molecular weight is 472 g/mol. The second kappa shape index (κ2) is 8.65. The van der Waals surface area contributed by atoms with Crippen LogP contribution < -0.4 is 10.6 Å². The first-order chi connectivity index (χ1) is 16.0. The zero-order chi connectivity index (χ0) is 24.6. The quantitative estimate of drug-likeness (QED) is 0.382. The van der Waals surface area contributed by atoms with E-state index in [0.717, 1.165) is 12.1 Å². The zero-order valence-electron chi connectivity index (χ0n) is 18.3. The minimum absolute atomic E-state index is 0.0577. The molecule has 0 fully saturated rings. The van der Waals surface area contributed by atoms with Crippen molar-refractivity contribution in [3.8, 4) is 0 Å². The van der Waals surface area contributed by atoms with Crippen molar-refractivity contribution in [1.82, 2.24) is 10.1 Å².